The van der Waals surface area contributed by atoms with Crippen LogP contribution in [0.4, 0.5) is 24.9 Å². The fraction of sp³-hybridized carbons (Fsp3) is 0.633. The first-order valence-electron chi connectivity index (χ1n) is 14.7. The van der Waals surface area contributed by atoms with Crippen LogP contribution >= 0.6 is 0 Å². The molecule has 5 saturated carbocycles. The first-order valence-corrected chi connectivity index (χ1v) is 14.7. The maximum absolute atomic E-state index is 12.8. The predicted octanol–water partition coefficient (Wildman–Crippen LogP) is 5.36. The number of hydrogen-bond acceptors (Lipinski definition) is 8. The number of halogens is 3. The number of nitrogens with zero attached hydrogens (tertiary/aromatic N) is 3. The van der Waals surface area contributed by atoms with Crippen LogP contribution in [0.3, 0.4) is 0 Å². The van der Waals surface area contributed by atoms with Crippen molar-refractivity contribution in [2.24, 2.45) is 23.2 Å². The Hall–Kier alpha value is -3.10. The average molecular weight is 571 g/mol. The molecule has 4 bridgehead atoms. The van der Waals surface area contributed by atoms with E-state index in [0.717, 1.165) is 51.0 Å². The van der Waals surface area contributed by atoms with Gasteiger partial charge in [0.15, 0.2) is 0 Å². The second-order valence-electron chi connectivity index (χ2n) is 12.6. The zero-order chi connectivity index (χ0) is 28.6. The number of aromatic nitrogens is 2. The number of rotatable bonds is 9. The molecule has 8 nitrogen and oxygen atoms in total. The summed E-state index contributed by atoms with van der Waals surface area (Å²) in [5, 5.41) is 30.0. The van der Waals surface area contributed by atoms with Gasteiger partial charge in [-0.25, -0.2) is 4.98 Å². The Bertz CT molecular complexity index is 1260. The maximum atomic E-state index is 12.8. The Labute approximate surface area is 238 Å². The van der Waals surface area contributed by atoms with Crippen LogP contribution in [-0.2, 0) is 6.54 Å². The van der Waals surface area contributed by atoms with Crippen molar-refractivity contribution in [3.05, 3.63) is 41.6 Å². The number of aliphatic hydroxyl groups excluding tert-OH is 1. The average Bonchev–Trinajstić information content (AvgIpc) is 2.93. The Balaban J connectivity index is 1.10. The molecular formula is C30H37F3N6O2. The van der Waals surface area contributed by atoms with Crippen LogP contribution in [0.15, 0.2) is 30.5 Å². The molecule has 7 rings (SSSR count). The normalized spacial score (nSPS) is 32.4. The van der Waals surface area contributed by atoms with Crippen LogP contribution in [0.5, 0.6) is 5.75 Å². The molecule has 1 heterocycles. The van der Waals surface area contributed by atoms with Crippen molar-refractivity contribution in [3.63, 3.8) is 0 Å². The third kappa shape index (κ3) is 6.38. The van der Waals surface area contributed by atoms with E-state index in [9.17, 15) is 23.5 Å². The molecule has 4 N–H and O–H groups in total. The lowest BCUT2D eigenvalue weighted by molar-refractivity contribution is -0.274. The molecule has 220 valence electrons. The highest BCUT2D eigenvalue weighted by molar-refractivity contribution is 5.53. The monoisotopic (exact) mass is 570 g/mol. The van der Waals surface area contributed by atoms with Gasteiger partial charge >= 0.3 is 6.36 Å². The summed E-state index contributed by atoms with van der Waals surface area (Å²) >= 11 is 0. The Morgan fingerprint density at radius 1 is 1.05 bits per heavy atom. The minimum atomic E-state index is -4.79. The number of alkyl halides is 3. The van der Waals surface area contributed by atoms with Crippen molar-refractivity contribution >= 4 is 11.8 Å². The smallest absolute Gasteiger partial charge is 0.405 e. The highest BCUT2D eigenvalue weighted by Gasteiger charge is 2.55. The van der Waals surface area contributed by atoms with Gasteiger partial charge in [0.2, 0.25) is 5.95 Å². The van der Waals surface area contributed by atoms with Crippen LogP contribution in [0.2, 0.25) is 0 Å². The molecule has 11 heteroatoms. The van der Waals surface area contributed by atoms with Gasteiger partial charge in [-0.1, -0.05) is 18.2 Å². The first kappa shape index (κ1) is 28.0. The van der Waals surface area contributed by atoms with Gasteiger partial charge in [0.25, 0.3) is 0 Å². The van der Waals surface area contributed by atoms with Crippen LogP contribution in [0.25, 0.3) is 0 Å². The standard InChI is InChI=1S/C30H37F3N6O2/c31-30(32,33)41-25-4-2-1-3-19(25)15-35-28-36-16-22(14-34)27(39-28)37-17-29-11-18-9-20(12-29)26(21(10-18)13-29)38-23-5-7-24(40)8-6-23/h1-4,16,18,20-21,23-24,26,38,40H,5-13,15,17H2,(H2,35,36,37,39)/t18?,20-,21+,23?,24?,26+,29-. The molecule has 5 fully saturated rings. The third-order valence-electron chi connectivity index (χ3n) is 9.70. The Morgan fingerprint density at radius 3 is 2.49 bits per heavy atom. The first-order chi connectivity index (χ1) is 19.7. The van der Waals surface area contributed by atoms with Crippen LogP contribution in [0, 0.1) is 34.5 Å². The highest BCUT2D eigenvalue weighted by atomic mass is 19.4. The van der Waals surface area contributed by atoms with Gasteiger partial charge in [0, 0.05) is 30.7 Å². The quantitative estimate of drug-likeness (QED) is 0.319. The highest BCUT2D eigenvalue weighted by Crippen LogP contribution is 2.60. The fourth-order valence-corrected chi connectivity index (χ4v) is 8.20. The minimum Gasteiger partial charge on any atom is -0.405 e. The van der Waals surface area contributed by atoms with E-state index in [1.807, 2.05) is 0 Å². The molecule has 5 atom stereocenters. The van der Waals surface area contributed by atoms with E-state index in [4.69, 9.17) is 0 Å². The summed E-state index contributed by atoms with van der Waals surface area (Å²) in [5.74, 6) is 2.41. The third-order valence-corrected chi connectivity index (χ3v) is 9.70. The zero-order valence-electron chi connectivity index (χ0n) is 23.0. The molecule has 0 saturated heterocycles. The molecule has 41 heavy (non-hydrogen) atoms. The van der Waals surface area contributed by atoms with Crippen LogP contribution in [-0.4, -0.2) is 46.2 Å². The van der Waals surface area contributed by atoms with E-state index in [0.29, 0.717) is 40.9 Å². The lowest BCUT2D eigenvalue weighted by atomic mass is 9.47. The van der Waals surface area contributed by atoms with Crippen molar-refractivity contribution in [3.8, 4) is 11.8 Å². The van der Waals surface area contributed by atoms with E-state index in [2.05, 4.69) is 36.7 Å². The lowest BCUT2D eigenvalue weighted by Gasteiger charge is -2.61. The minimum absolute atomic E-state index is 0.0287. The summed E-state index contributed by atoms with van der Waals surface area (Å²) in [6.07, 6.45) is 6.42. The number of nitrogens with one attached hydrogen (secondary N) is 3. The Morgan fingerprint density at radius 2 is 1.78 bits per heavy atom. The molecule has 1 aromatic carbocycles. The number of hydrogen-bond donors (Lipinski definition) is 4. The molecule has 1 unspecified atom stereocenters. The Kier molecular flexibility index (Phi) is 7.72. The topological polar surface area (TPSA) is 115 Å². The number of nitriles is 1. The van der Waals surface area contributed by atoms with Gasteiger partial charge in [-0.15, -0.1) is 13.2 Å². The lowest BCUT2D eigenvalue weighted by Crippen LogP contribution is -2.61. The summed E-state index contributed by atoms with van der Waals surface area (Å²) in [4.78, 5) is 8.73. The zero-order valence-corrected chi connectivity index (χ0v) is 23.0. The number of aliphatic hydroxyl groups is 1. The largest absolute Gasteiger partial charge is 0.573 e. The molecule has 0 radical (unpaired) electrons. The van der Waals surface area contributed by atoms with Gasteiger partial charge in [0.05, 0.1) is 12.3 Å². The van der Waals surface area contributed by atoms with Gasteiger partial charge in [0.1, 0.15) is 23.2 Å². The molecule has 1 aromatic heterocycles. The number of anilines is 2. The maximum Gasteiger partial charge on any atom is 0.573 e. The fourth-order valence-electron chi connectivity index (χ4n) is 8.20. The van der Waals surface area contributed by atoms with E-state index in [1.165, 1.54) is 37.6 Å². The number of ether oxygens (including phenoxy) is 1. The summed E-state index contributed by atoms with van der Waals surface area (Å²) in [7, 11) is 0. The van der Waals surface area contributed by atoms with E-state index >= 15 is 0 Å². The van der Waals surface area contributed by atoms with Crippen molar-refractivity contribution < 1.29 is 23.0 Å². The molecule has 0 spiro atoms. The molecule has 5 aliphatic rings. The van der Waals surface area contributed by atoms with Gasteiger partial charge in [-0.3, -0.25) is 0 Å². The van der Waals surface area contributed by atoms with Crippen molar-refractivity contribution in [1.82, 2.24) is 15.3 Å². The molecule has 0 aliphatic heterocycles. The number of benzene rings is 1. The van der Waals surface area contributed by atoms with Gasteiger partial charge < -0.3 is 25.8 Å². The SMILES string of the molecule is N#Cc1cnc(NCc2ccccc2OC(F)(F)F)nc1NC[C@]12CC3C[C@H](C1)[C@H](NC1CCC(O)CC1)[C@@H](C3)C2. The predicted molar refractivity (Wildman–Crippen MR) is 147 cm³/mol. The second kappa shape index (κ2) is 11.3. The molecule has 0 amide bonds. The van der Waals surface area contributed by atoms with Crippen LogP contribution in [0.1, 0.15) is 68.9 Å². The van der Waals surface area contributed by atoms with Crippen molar-refractivity contribution in [1.29, 1.82) is 5.26 Å². The van der Waals surface area contributed by atoms with E-state index < -0.39 is 6.36 Å². The molecule has 5 aliphatic carbocycles. The van der Waals surface area contributed by atoms with Gasteiger partial charge in [-0.05, 0) is 87.0 Å². The molecular weight excluding hydrogens is 533 g/mol. The summed E-state index contributed by atoms with van der Waals surface area (Å²) in [6, 6.07) is 9.14. The van der Waals surface area contributed by atoms with E-state index in [1.54, 1.807) is 12.1 Å². The summed E-state index contributed by atoms with van der Waals surface area (Å²) in [5.41, 5.74) is 0.810. The van der Waals surface area contributed by atoms with Crippen molar-refractivity contribution in [2.45, 2.75) is 88.9 Å². The second-order valence-corrected chi connectivity index (χ2v) is 12.6. The molecule has 2 aromatic rings. The van der Waals surface area contributed by atoms with Gasteiger partial charge in [-0.2, -0.15) is 10.2 Å². The van der Waals surface area contributed by atoms with Crippen LogP contribution < -0.4 is 20.7 Å². The summed E-state index contributed by atoms with van der Waals surface area (Å²) < 4.78 is 42.5. The van der Waals surface area contributed by atoms with E-state index in [-0.39, 0.29) is 29.8 Å². The van der Waals surface area contributed by atoms with Crippen molar-refractivity contribution in [2.75, 3.05) is 17.2 Å². The number of para-hydroxylation sites is 1. The summed E-state index contributed by atoms with van der Waals surface area (Å²) in [6.45, 7) is 0.757.